The highest BCUT2D eigenvalue weighted by atomic mass is 32.1. The highest BCUT2D eigenvalue weighted by Gasteiger charge is 2.39. The fourth-order valence-electron chi connectivity index (χ4n) is 4.81. The van der Waals surface area contributed by atoms with E-state index in [0.717, 1.165) is 41.7 Å². The number of carbonyl (C=O) groups excluding carboxylic acids is 3. The molecule has 0 radical (unpaired) electrons. The Balaban J connectivity index is 1.41. The van der Waals surface area contributed by atoms with E-state index in [9.17, 15) is 14.4 Å². The van der Waals surface area contributed by atoms with Gasteiger partial charge in [0.15, 0.2) is 17.3 Å². The molecule has 9 heteroatoms. The molecule has 35 heavy (non-hydrogen) atoms. The van der Waals surface area contributed by atoms with Gasteiger partial charge in [-0.15, -0.1) is 11.3 Å². The third-order valence-corrected chi connectivity index (χ3v) is 7.87. The number of ketones is 1. The number of hydrogen-bond acceptors (Lipinski definition) is 8. The van der Waals surface area contributed by atoms with Crippen LogP contribution in [0.5, 0.6) is 11.5 Å². The minimum absolute atomic E-state index is 0.00803. The van der Waals surface area contributed by atoms with Crippen LogP contribution in [0, 0.1) is 12.8 Å². The molecule has 2 aliphatic heterocycles. The van der Waals surface area contributed by atoms with Gasteiger partial charge >= 0.3 is 5.97 Å². The second kappa shape index (κ2) is 9.73. The van der Waals surface area contributed by atoms with E-state index in [0.29, 0.717) is 28.5 Å². The SMILES string of the molecule is CCOC(=O)c1c(NC(=O)C2=COC3CCCCC3C2=O)sc(Cc2ccc3c(c2)OCO3)c1C. The van der Waals surface area contributed by atoms with E-state index in [1.54, 1.807) is 6.92 Å². The number of carbonyl (C=O) groups is 3. The lowest BCUT2D eigenvalue weighted by Crippen LogP contribution is -2.39. The molecule has 8 nitrogen and oxygen atoms in total. The average molecular weight is 498 g/mol. The van der Waals surface area contributed by atoms with Gasteiger partial charge in [0.2, 0.25) is 6.79 Å². The van der Waals surface area contributed by atoms with Crippen LogP contribution < -0.4 is 14.8 Å². The molecule has 1 aromatic carbocycles. The minimum atomic E-state index is -0.569. The van der Waals surface area contributed by atoms with Gasteiger partial charge in [-0.3, -0.25) is 9.59 Å². The van der Waals surface area contributed by atoms with E-state index in [1.165, 1.54) is 17.6 Å². The molecule has 1 N–H and O–H groups in total. The van der Waals surface area contributed by atoms with E-state index in [-0.39, 0.29) is 36.8 Å². The Morgan fingerprint density at radius 3 is 2.80 bits per heavy atom. The molecule has 184 valence electrons. The van der Waals surface area contributed by atoms with Crippen LogP contribution in [0.4, 0.5) is 5.00 Å². The van der Waals surface area contributed by atoms with Crippen molar-refractivity contribution in [3.63, 3.8) is 0 Å². The zero-order chi connectivity index (χ0) is 24.5. The first-order valence-electron chi connectivity index (χ1n) is 11.8. The normalized spacial score (nSPS) is 20.5. The predicted octanol–water partition coefficient (Wildman–Crippen LogP) is 4.53. The number of thiophene rings is 1. The lowest BCUT2D eigenvalue weighted by atomic mass is 9.80. The Morgan fingerprint density at radius 1 is 1.17 bits per heavy atom. The van der Waals surface area contributed by atoms with Crippen molar-refractivity contribution in [2.45, 2.75) is 52.1 Å². The quantitative estimate of drug-likeness (QED) is 0.462. The topological polar surface area (TPSA) is 100 Å². The molecular weight excluding hydrogens is 470 g/mol. The van der Waals surface area contributed by atoms with Crippen LogP contribution >= 0.6 is 11.3 Å². The number of Topliss-reactive ketones (excluding diaryl/α,β-unsaturated/α-hetero) is 1. The fraction of sp³-hybridized carbons (Fsp3) is 0.423. The second-order valence-corrected chi connectivity index (χ2v) is 9.96. The smallest absolute Gasteiger partial charge is 0.341 e. The Labute approximate surface area is 207 Å². The lowest BCUT2D eigenvalue weighted by Gasteiger charge is -2.33. The Kier molecular flexibility index (Phi) is 6.51. The van der Waals surface area contributed by atoms with Crippen LogP contribution in [0.1, 0.15) is 59.0 Å². The fourth-order valence-corrected chi connectivity index (χ4v) is 6.03. The summed E-state index contributed by atoms with van der Waals surface area (Å²) in [5.74, 6) is -0.179. The number of ether oxygens (including phenoxy) is 4. The number of amides is 1. The molecule has 1 amide bonds. The highest BCUT2D eigenvalue weighted by Crippen LogP contribution is 2.39. The molecule has 5 rings (SSSR count). The van der Waals surface area contributed by atoms with Gasteiger partial charge < -0.3 is 24.3 Å². The summed E-state index contributed by atoms with van der Waals surface area (Å²) in [6.45, 7) is 3.97. The van der Waals surface area contributed by atoms with Gasteiger partial charge in [-0.1, -0.05) is 12.5 Å². The standard InChI is InChI=1S/C26H27NO7S/c1-3-31-26(30)22-14(2)21(11-15-8-9-19-20(10-15)34-13-33-19)35-25(22)27-24(29)17-12-32-18-7-5-4-6-16(18)23(17)28/h8-10,12,16,18H,3-7,11,13H2,1-2H3,(H,27,29). The maximum absolute atomic E-state index is 13.1. The summed E-state index contributed by atoms with van der Waals surface area (Å²) in [5.41, 5.74) is 2.01. The zero-order valence-electron chi connectivity index (χ0n) is 19.7. The summed E-state index contributed by atoms with van der Waals surface area (Å²) < 4.78 is 21.9. The summed E-state index contributed by atoms with van der Waals surface area (Å²) in [7, 11) is 0. The molecule has 3 aliphatic rings. The van der Waals surface area contributed by atoms with Gasteiger partial charge in [0, 0.05) is 11.3 Å². The molecule has 2 unspecified atom stereocenters. The molecule has 1 fully saturated rings. The van der Waals surface area contributed by atoms with E-state index in [4.69, 9.17) is 18.9 Å². The van der Waals surface area contributed by atoms with Gasteiger partial charge in [0.1, 0.15) is 16.7 Å². The second-order valence-electron chi connectivity index (χ2n) is 8.85. The van der Waals surface area contributed by atoms with Crippen molar-refractivity contribution in [2.75, 3.05) is 18.7 Å². The third-order valence-electron chi connectivity index (χ3n) is 6.66. The summed E-state index contributed by atoms with van der Waals surface area (Å²) >= 11 is 1.30. The van der Waals surface area contributed by atoms with Gasteiger partial charge in [-0.2, -0.15) is 0 Å². The summed E-state index contributed by atoms with van der Waals surface area (Å²) in [6.07, 6.45) is 5.17. The summed E-state index contributed by atoms with van der Waals surface area (Å²) in [4.78, 5) is 39.8. The number of anilines is 1. The number of fused-ring (bicyclic) bond motifs is 2. The zero-order valence-corrected chi connectivity index (χ0v) is 20.5. The van der Waals surface area contributed by atoms with E-state index in [1.807, 2.05) is 25.1 Å². The van der Waals surface area contributed by atoms with Gasteiger partial charge in [0.25, 0.3) is 5.91 Å². The first-order chi connectivity index (χ1) is 17.0. The number of hydrogen-bond donors (Lipinski definition) is 1. The Hall–Kier alpha value is -3.33. The van der Waals surface area contributed by atoms with E-state index < -0.39 is 11.9 Å². The largest absolute Gasteiger partial charge is 0.496 e. The Bertz CT molecular complexity index is 1210. The van der Waals surface area contributed by atoms with Gasteiger partial charge in [-0.25, -0.2) is 4.79 Å². The van der Waals surface area contributed by atoms with Crippen LogP contribution in [-0.2, 0) is 25.5 Å². The lowest BCUT2D eigenvalue weighted by molar-refractivity contribution is -0.129. The maximum atomic E-state index is 13.1. The number of esters is 1. The first-order valence-corrected chi connectivity index (χ1v) is 12.7. The molecular formula is C26H27NO7S. The van der Waals surface area contributed by atoms with Crippen molar-refractivity contribution in [1.82, 2.24) is 0 Å². The van der Waals surface area contributed by atoms with Crippen molar-refractivity contribution in [2.24, 2.45) is 5.92 Å². The Morgan fingerprint density at radius 2 is 1.97 bits per heavy atom. The minimum Gasteiger partial charge on any atom is -0.496 e. The monoisotopic (exact) mass is 497 g/mol. The number of rotatable bonds is 6. The molecule has 1 aromatic heterocycles. The van der Waals surface area contributed by atoms with Crippen molar-refractivity contribution in [3.05, 3.63) is 51.6 Å². The molecule has 3 heterocycles. The average Bonchev–Trinajstić information content (AvgIpc) is 3.43. The molecule has 0 saturated heterocycles. The number of nitrogens with one attached hydrogen (secondary N) is 1. The van der Waals surface area contributed by atoms with Crippen molar-refractivity contribution >= 4 is 34.0 Å². The molecule has 1 saturated carbocycles. The van der Waals surface area contributed by atoms with E-state index in [2.05, 4.69) is 5.32 Å². The molecule has 0 spiro atoms. The summed E-state index contributed by atoms with van der Waals surface area (Å²) in [6, 6.07) is 5.71. The molecule has 2 aromatic rings. The van der Waals surface area contributed by atoms with Crippen LogP contribution in [0.25, 0.3) is 0 Å². The number of benzene rings is 1. The highest BCUT2D eigenvalue weighted by molar-refractivity contribution is 7.17. The predicted molar refractivity (Wildman–Crippen MR) is 129 cm³/mol. The first kappa shape index (κ1) is 23.4. The van der Waals surface area contributed by atoms with Gasteiger partial charge in [-0.05, 0) is 56.4 Å². The van der Waals surface area contributed by atoms with Gasteiger partial charge in [0.05, 0.1) is 24.4 Å². The van der Waals surface area contributed by atoms with Crippen LogP contribution in [0.15, 0.2) is 30.0 Å². The van der Waals surface area contributed by atoms with Crippen molar-refractivity contribution < 1.29 is 33.3 Å². The molecule has 2 atom stereocenters. The molecule has 1 aliphatic carbocycles. The summed E-state index contributed by atoms with van der Waals surface area (Å²) in [5, 5.41) is 3.16. The van der Waals surface area contributed by atoms with Crippen LogP contribution in [0.2, 0.25) is 0 Å². The van der Waals surface area contributed by atoms with E-state index >= 15 is 0 Å². The third kappa shape index (κ3) is 4.52. The maximum Gasteiger partial charge on any atom is 0.341 e. The molecule has 0 bridgehead atoms. The van der Waals surface area contributed by atoms with Crippen molar-refractivity contribution in [1.29, 1.82) is 0 Å². The van der Waals surface area contributed by atoms with Crippen molar-refractivity contribution in [3.8, 4) is 11.5 Å². The van der Waals surface area contributed by atoms with Crippen LogP contribution in [0.3, 0.4) is 0 Å². The van der Waals surface area contributed by atoms with Crippen LogP contribution in [-0.4, -0.2) is 37.2 Å².